The average Bonchev–Trinajstić information content (AvgIpc) is 3.13. The van der Waals surface area contributed by atoms with Crippen LogP contribution in [-0.2, 0) is 11.3 Å². The van der Waals surface area contributed by atoms with E-state index in [0.29, 0.717) is 5.92 Å². The van der Waals surface area contributed by atoms with Gasteiger partial charge in [0.1, 0.15) is 5.60 Å². The van der Waals surface area contributed by atoms with Crippen LogP contribution in [0.5, 0.6) is 0 Å². The van der Waals surface area contributed by atoms with E-state index in [1.165, 1.54) is 0 Å². The number of amides is 1. The second-order valence-electron chi connectivity index (χ2n) is 7.94. The van der Waals surface area contributed by atoms with Gasteiger partial charge < -0.3 is 20.3 Å². The molecule has 9 heteroatoms. The number of aromatic nitrogens is 2. The Kier molecular flexibility index (Phi) is 10.6. The van der Waals surface area contributed by atoms with Crippen LogP contribution in [0, 0.1) is 5.92 Å². The third kappa shape index (κ3) is 9.11. The highest BCUT2D eigenvalue weighted by atomic mass is 127. The standard InChI is InChI=1S/C19H34N6O2.HI/c1-19(2,3)27-18(26)24-11-5-8-16(15-24)14-22-17(20-4)21-9-6-12-25-13-7-10-23-25;/h7,10,13,16H,5-6,8-9,11-12,14-15H2,1-4H3,(H2,20,21,22);1H. The summed E-state index contributed by atoms with van der Waals surface area (Å²) in [5, 5.41) is 10.9. The van der Waals surface area contributed by atoms with E-state index >= 15 is 0 Å². The summed E-state index contributed by atoms with van der Waals surface area (Å²) in [6.07, 6.45) is 6.61. The average molecular weight is 506 g/mol. The summed E-state index contributed by atoms with van der Waals surface area (Å²) in [5.74, 6) is 1.19. The molecule has 2 N–H and O–H groups in total. The zero-order valence-corrected chi connectivity index (χ0v) is 19.8. The number of hydrogen-bond acceptors (Lipinski definition) is 4. The Balaban J connectivity index is 0.00000392. The van der Waals surface area contributed by atoms with E-state index in [9.17, 15) is 4.79 Å². The monoisotopic (exact) mass is 506 g/mol. The van der Waals surface area contributed by atoms with E-state index < -0.39 is 5.60 Å². The molecule has 2 rings (SSSR count). The second kappa shape index (κ2) is 12.1. The van der Waals surface area contributed by atoms with E-state index in [1.54, 1.807) is 13.2 Å². The Morgan fingerprint density at radius 1 is 1.36 bits per heavy atom. The van der Waals surface area contributed by atoms with Crippen molar-refractivity contribution in [3.8, 4) is 0 Å². The molecule has 1 aliphatic heterocycles. The number of carbonyl (C=O) groups is 1. The van der Waals surface area contributed by atoms with Crippen molar-refractivity contribution in [2.45, 2.75) is 52.2 Å². The van der Waals surface area contributed by atoms with Crippen molar-refractivity contribution in [3.05, 3.63) is 18.5 Å². The summed E-state index contributed by atoms with van der Waals surface area (Å²) in [6.45, 7) is 9.68. The third-order valence-corrected chi connectivity index (χ3v) is 4.37. The van der Waals surface area contributed by atoms with Gasteiger partial charge in [0.05, 0.1) is 0 Å². The molecule has 0 radical (unpaired) electrons. The minimum atomic E-state index is -0.454. The largest absolute Gasteiger partial charge is 0.444 e. The lowest BCUT2D eigenvalue weighted by Gasteiger charge is -2.34. The topological polar surface area (TPSA) is 83.8 Å². The van der Waals surface area contributed by atoms with E-state index in [0.717, 1.165) is 57.9 Å². The maximum absolute atomic E-state index is 12.3. The van der Waals surface area contributed by atoms with Crippen molar-refractivity contribution in [2.24, 2.45) is 10.9 Å². The Morgan fingerprint density at radius 3 is 2.79 bits per heavy atom. The first-order valence-corrected chi connectivity index (χ1v) is 9.77. The van der Waals surface area contributed by atoms with E-state index in [4.69, 9.17) is 4.74 Å². The van der Waals surface area contributed by atoms with E-state index in [2.05, 4.69) is 20.7 Å². The number of aliphatic imine (C=N–C) groups is 1. The molecular formula is C19H35IN6O2. The fraction of sp³-hybridized carbons (Fsp3) is 0.737. The summed E-state index contributed by atoms with van der Waals surface area (Å²) >= 11 is 0. The molecule has 0 aromatic carbocycles. The van der Waals surface area contributed by atoms with Crippen LogP contribution in [0.3, 0.4) is 0 Å². The highest BCUT2D eigenvalue weighted by Crippen LogP contribution is 2.18. The fourth-order valence-corrected chi connectivity index (χ4v) is 3.07. The van der Waals surface area contributed by atoms with Crippen molar-refractivity contribution in [2.75, 3.05) is 33.2 Å². The molecule has 8 nitrogen and oxygen atoms in total. The van der Waals surface area contributed by atoms with Gasteiger partial charge >= 0.3 is 6.09 Å². The number of likely N-dealkylation sites (tertiary alicyclic amines) is 1. The number of nitrogens with one attached hydrogen (secondary N) is 2. The smallest absolute Gasteiger partial charge is 0.410 e. The van der Waals surface area contributed by atoms with Crippen LogP contribution in [0.4, 0.5) is 4.79 Å². The van der Waals surface area contributed by atoms with Crippen LogP contribution in [0.2, 0.25) is 0 Å². The first kappa shape index (κ1) is 24.5. The van der Waals surface area contributed by atoms with Gasteiger partial charge in [-0.3, -0.25) is 9.67 Å². The van der Waals surface area contributed by atoms with Crippen molar-refractivity contribution in [3.63, 3.8) is 0 Å². The third-order valence-electron chi connectivity index (χ3n) is 4.37. The number of guanidine groups is 1. The lowest BCUT2D eigenvalue weighted by atomic mass is 9.98. The van der Waals surface area contributed by atoms with Crippen molar-refractivity contribution >= 4 is 36.0 Å². The van der Waals surface area contributed by atoms with E-state index in [1.807, 2.05) is 42.6 Å². The zero-order chi connectivity index (χ0) is 19.7. The van der Waals surface area contributed by atoms with Crippen LogP contribution in [0.15, 0.2) is 23.5 Å². The van der Waals surface area contributed by atoms with Crippen LogP contribution in [0.25, 0.3) is 0 Å². The van der Waals surface area contributed by atoms with Gasteiger partial charge in [-0.05, 0) is 52.0 Å². The number of piperidine rings is 1. The first-order valence-electron chi connectivity index (χ1n) is 9.77. The number of rotatable bonds is 6. The quantitative estimate of drug-likeness (QED) is 0.268. The van der Waals surface area contributed by atoms with Crippen molar-refractivity contribution in [1.29, 1.82) is 0 Å². The molecule has 1 saturated heterocycles. The maximum Gasteiger partial charge on any atom is 0.410 e. The number of hydrogen-bond donors (Lipinski definition) is 2. The molecule has 1 fully saturated rings. The molecule has 0 spiro atoms. The van der Waals surface area contributed by atoms with Crippen LogP contribution < -0.4 is 10.6 Å². The molecule has 1 unspecified atom stereocenters. The second-order valence-corrected chi connectivity index (χ2v) is 7.94. The summed E-state index contributed by atoms with van der Waals surface area (Å²) in [6, 6.07) is 1.93. The molecule has 1 amide bonds. The molecule has 0 aliphatic carbocycles. The number of aryl methyl sites for hydroxylation is 1. The maximum atomic E-state index is 12.3. The molecule has 1 aromatic heterocycles. The van der Waals surface area contributed by atoms with Gasteiger partial charge in [0.2, 0.25) is 0 Å². The normalized spacial score (nSPS) is 17.6. The van der Waals surface area contributed by atoms with Gasteiger partial charge in [0.25, 0.3) is 0 Å². The molecule has 0 saturated carbocycles. The van der Waals surface area contributed by atoms with Gasteiger partial charge in [-0.25, -0.2) is 4.79 Å². The Labute approximate surface area is 185 Å². The Bertz CT molecular complexity index is 600. The summed E-state index contributed by atoms with van der Waals surface area (Å²) in [5.41, 5.74) is -0.454. The lowest BCUT2D eigenvalue weighted by Crippen LogP contribution is -2.47. The molecule has 28 heavy (non-hydrogen) atoms. The highest BCUT2D eigenvalue weighted by Gasteiger charge is 2.27. The van der Waals surface area contributed by atoms with Gasteiger partial charge in [-0.15, -0.1) is 24.0 Å². The summed E-state index contributed by atoms with van der Waals surface area (Å²) in [7, 11) is 1.77. The van der Waals surface area contributed by atoms with Crippen LogP contribution in [-0.4, -0.2) is 65.6 Å². The number of ether oxygens (including phenoxy) is 1. The summed E-state index contributed by atoms with van der Waals surface area (Å²) in [4.78, 5) is 18.4. The predicted molar refractivity (Wildman–Crippen MR) is 122 cm³/mol. The molecule has 2 heterocycles. The lowest BCUT2D eigenvalue weighted by molar-refractivity contribution is 0.0168. The fourth-order valence-electron chi connectivity index (χ4n) is 3.07. The molecule has 1 aliphatic rings. The number of carbonyl (C=O) groups excluding carboxylic acids is 1. The van der Waals surface area contributed by atoms with Gasteiger partial charge in [0, 0.05) is 52.2 Å². The SMILES string of the molecule is CN=C(NCCCn1cccn1)NCC1CCCN(C(=O)OC(C)(C)C)C1.I. The van der Waals surface area contributed by atoms with Crippen LogP contribution in [0.1, 0.15) is 40.0 Å². The van der Waals surface area contributed by atoms with Gasteiger partial charge in [0.15, 0.2) is 5.96 Å². The minimum Gasteiger partial charge on any atom is -0.444 e. The Hall–Kier alpha value is -1.52. The van der Waals surface area contributed by atoms with Gasteiger partial charge in [-0.1, -0.05) is 0 Å². The highest BCUT2D eigenvalue weighted by molar-refractivity contribution is 14.0. The van der Waals surface area contributed by atoms with Crippen molar-refractivity contribution < 1.29 is 9.53 Å². The Morgan fingerprint density at radius 2 is 2.14 bits per heavy atom. The minimum absolute atomic E-state index is 0. The number of nitrogens with zero attached hydrogens (tertiary/aromatic N) is 4. The van der Waals surface area contributed by atoms with E-state index in [-0.39, 0.29) is 30.1 Å². The number of halogens is 1. The van der Waals surface area contributed by atoms with Gasteiger partial charge in [-0.2, -0.15) is 5.10 Å². The molecule has 1 atom stereocenters. The summed E-state index contributed by atoms with van der Waals surface area (Å²) < 4.78 is 7.41. The molecule has 160 valence electrons. The predicted octanol–water partition coefficient (Wildman–Crippen LogP) is 2.70. The molecular weight excluding hydrogens is 471 g/mol. The zero-order valence-electron chi connectivity index (χ0n) is 17.5. The molecule has 1 aromatic rings. The molecule has 0 bridgehead atoms. The van der Waals surface area contributed by atoms with Crippen molar-refractivity contribution in [1.82, 2.24) is 25.3 Å². The van der Waals surface area contributed by atoms with Crippen LogP contribution >= 0.6 is 24.0 Å². The first-order chi connectivity index (χ1) is 12.9.